The maximum absolute atomic E-state index is 15.0. The number of hydrogen-bond donors (Lipinski definition) is 0. The van der Waals surface area contributed by atoms with E-state index in [1.54, 1.807) is 12.3 Å². The highest BCUT2D eigenvalue weighted by molar-refractivity contribution is 7.92. The van der Waals surface area contributed by atoms with E-state index in [-0.39, 0.29) is 23.6 Å². The van der Waals surface area contributed by atoms with Gasteiger partial charge in [-0.05, 0) is 31.0 Å². The molecule has 10 heteroatoms. The zero-order chi connectivity index (χ0) is 19.7. The first-order valence-electron chi connectivity index (χ1n) is 8.25. The molecular formula is C17H18ClF2N3O3S. The van der Waals surface area contributed by atoms with Crippen LogP contribution in [0.2, 0.25) is 5.02 Å². The summed E-state index contributed by atoms with van der Waals surface area (Å²) in [5.74, 6) is -1.16. The molecule has 0 atom stereocenters. The van der Waals surface area contributed by atoms with Gasteiger partial charge in [0.2, 0.25) is 9.84 Å². The van der Waals surface area contributed by atoms with Crippen LogP contribution in [0, 0.1) is 5.92 Å². The van der Waals surface area contributed by atoms with E-state index in [1.807, 2.05) is 4.90 Å². The van der Waals surface area contributed by atoms with Crippen LogP contribution >= 0.6 is 11.6 Å². The number of sulfone groups is 1. The third kappa shape index (κ3) is 3.70. The number of aromatic nitrogens is 2. The maximum atomic E-state index is 15.0. The molecule has 6 nitrogen and oxygen atoms in total. The molecule has 0 bridgehead atoms. The Morgan fingerprint density at radius 1 is 1.22 bits per heavy atom. The first kappa shape index (κ1) is 19.8. The van der Waals surface area contributed by atoms with Crippen LogP contribution in [-0.2, 0) is 9.84 Å². The molecule has 1 saturated heterocycles. The van der Waals surface area contributed by atoms with Crippen molar-refractivity contribution in [2.75, 3.05) is 25.1 Å². The van der Waals surface area contributed by atoms with Gasteiger partial charge in [0.05, 0.1) is 35.1 Å². The van der Waals surface area contributed by atoms with Gasteiger partial charge in [0, 0.05) is 25.1 Å². The molecule has 3 rings (SSSR count). The normalized spacial score (nSPS) is 16.4. The minimum Gasteiger partial charge on any atom is -0.497 e. The lowest BCUT2D eigenvalue weighted by molar-refractivity contribution is 0.0149. The summed E-state index contributed by atoms with van der Waals surface area (Å²) in [5.41, 5.74) is 0.769. The second-order valence-electron chi connectivity index (χ2n) is 6.22. The summed E-state index contributed by atoms with van der Waals surface area (Å²) in [6.07, 6.45) is 3.11. The summed E-state index contributed by atoms with van der Waals surface area (Å²) in [6, 6.07) is 5.42. The van der Waals surface area contributed by atoms with Crippen LogP contribution in [0.25, 0.3) is 0 Å². The largest absolute Gasteiger partial charge is 0.497 e. The average Bonchev–Trinajstić information content (AvgIpc) is 2.69. The molecule has 0 N–H and O–H groups in total. The zero-order valence-electron chi connectivity index (χ0n) is 14.5. The van der Waals surface area contributed by atoms with Crippen molar-refractivity contribution in [2.24, 2.45) is 5.92 Å². The number of halogens is 3. The lowest BCUT2D eigenvalue weighted by Gasteiger charge is -2.36. The van der Waals surface area contributed by atoms with E-state index in [0.29, 0.717) is 13.1 Å². The number of benzene rings is 1. The van der Waals surface area contributed by atoms with Crippen LogP contribution in [0.1, 0.15) is 12.8 Å². The SMILES string of the molecule is COc1ccc(Cl)c(S(=O)(=O)C(F)(F)C2CCN(c3ccnnc3)CC2)c1. The van der Waals surface area contributed by atoms with Crippen LogP contribution in [0.15, 0.2) is 41.6 Å². The number of alkyl halides is 2. The van der Waals surface area contributed by atoms with Gasteiger partial charge in [0.1, 0.15) is 5.75 Å². The van der Waals surface area contributed by atoms with Gasteiger partial charge in [-0.3, -0.25) is 0 Å². The van der Waals surface area contributed by atoms with Gasteiger partial charge < -0.3 is 9.64 Å². The number of rotatable bonds is 5. The number of piperidine rings is 1. The lowest BCUT2D eigenvalue weighted by Crippen LogP contribution is -2.44. The Balaban J connectivity index is 1.82. The average molecular weight is 418 g/mol. The molecule has 146 valence electrons. The third-order valence-electron chi connectivity index (χ3n) is 4.69. The van der Waals surface area contributed by atoms with Gasteiger partial charge in [-0.1, -0.05) is 11.6 Å². The molecule has 0 radical (unpaired) electrons. The molecule has 1 aliphatic rings. The molecule has 0 amide bonds. The van der Waals surface area contributed by atoms with E-state index in [1.165, 1.54) is 25.4 Å². The molecule has 1 aromatic heterocycles. The topological polar surface area (TPSA) is 72.4 Å². The molecule has 0 aliphatic carbocycles. The van der Waals surface area contributed by atoms with Gasteiger partial charge in [-0.15, -0.1) is 0 Å². The highest BCUT2D eigenvalue weighted by Crippen LogP contribution is 2.43. The summed E-state index contributed by atoms with van der Waals surface area (Å²) >= 11 is 5.90. The lowest BCUT2D eigenvalue weighted by atomic mass is 9.97. The fraction of sp³-hybridized carbons (Fsp3) is 0.412. The van der Waals surface area contributed by atoms with Gasteiger partial charge in [-0.25, -0.2) is 8.42 Å². The Labute approximate surface area is 161 Å². The first-order valence-corrected chi connectivity index (χ1v) is 10.1. The molecule has 0 spiro atoms. The van der Waals surface area contributed by atoms with Gasteiger partial charge >= 0.3 is 5.25 Å². The number of nitrogens with zero attached hydrogens (tertiary/aromatic N) is 3. The highest BCUT2D eigenvalue weighted by Gasteiger charge is 2.53. The molecule has 2 aromatic rings. The Kier molecular flexibility index (Phi) is 5.53. The van der Waals surface area contributed by atoms with E-state index in [4.69, 9.17) is 16.3 Å². The predicted molar refractivity (Wildman–Crippen MR) is 97.1 cm³/mol. The van der Waals surface area contributed by atoms with Crippen molar-refractivity contribution in [3.63, 3.8) is 0 Å². The minimum atomic E-state index is -4.97. The molecule has 1 aromatic carbocycles. The smallest absolute Gasteiger partial charge is 0.352 e. The van der Waals surface area contributed by atoms with Gasteiger partial charge in [0.15, 0.2) is 0 Å². The second-order valence-corrected chi connectivity index (χ2v) is 8.62. The zero-order valence-corrected chi connectivity index (χ0v) is 16.1. The highest BCUT2D eigenvalue weighted by atomic mass is 35.5. The van der Waals surface area contributed by atoms with Crippen LogP contribution in [0.4, 0.5) is 14.5 Å². The van der Waals surface area contributed by atoms with E-state index >= 15 is 0 Å². The van der Waals surface area contributed by atoms with Crippen molar-refractivity contribution in [2.45, 2.75) is 23.0 Å². The van der Waals surface area contributed by atoms with Crippen molar-refractivity contribution in [1.82, 2.24) is 10.2 Å². The van der Waals surface area contributed by atoms with Crippen LogP contribution in [0.3, 0.4) is 0 Å². The van der Waals surface area contributed by atoms with Gasteiger partial charge in [-0.2, -0.15) is 19.0 Å². The Morgan fingerprint density at radius 3 is 2.52 bits per heavy atom. The van der Waals surface area contributed by atoms with Crippen LogP contribution in [-0.4, -0.2) is 44.1 Å². The predicted octanol–water partition coefficient (Wildman–Crippen LogP) is 3.42. The standard InChI is InChI=1S/C17H18ClF2N3O3S/c1-26-14-2-3-15(18)16(10-14)27(24,25)17(19,20)12-5-8-23(9-6-12)13-4-7-21-22-11-13/h2-4,7,10-12H,5-6,8-9H2,1H3. The summed E-state index contributed by atoms with van der Waals surface area (Å²) in [5, 5.41) is 3.26. The second kappa shape index (κ2) is 7.55. The molecule has 2 heterocycles. The third-order valence-corrected chi connectivity index (χ3v) is 7.10. The van der Waals surface area contributed by atoms with Crippen molar-refractivity contribution < 1.29 is 21.9 Å². The summed E-state index contributed by atoms with van der Waals surface area (Å²) in [4.78, 5) is 1.26. The Bertz CT molecular complexity index is 905. The molecule has 0 unspecified atom stereocenters. The molecule has 1 fully saturated rings. The molecule has 1 aliphatic heterocycles. The van der Waals surface area contributed by atoms with E-state index in [9.17, 15) is 17.2 Å². The van der Waals surface area contributed by atoms with E-state index in [0.717, 1.165) is 11.8 Å². The summed E-state index contributed by atoms with van der Waals surface area (Å²) in [7, 11) is -3.65. The Hall–Kier alpha value is -2.00. The molecular weight excluding hydrogens is 400 g/mol. The summed E-state index contributed by atoms with van der Waals surface area (Å²) in [6.45, 7) is 0.598. The number of ether oxygens (including phenoxy) is 1. The van der Waals surface area contributed by atoms with Crippen molar-refractivity contribution in [1.29, 1.82) is 0 Å². The monoisotopic (exact) mass is 417 g/mol. The van der Waals surface area contributed by atoms with Crippen molar-refractivity contribution in [3.8, 4) is 5.75 Å². The van der Waals surface area contributed by atoms with Gasteiger partial charge in [0.25, 0.3) is 0 Å². The number of methoxy groups -OCH3 is 1. The fourth-order valence-electron chi connectivity index (χ4n) is 3.13. The quantitative estimate of drug-likeness (QED) is 0.742. The van der Waals surface area contributed by atoms with E-state index in [2.05, 4.69) is 10.2 Å². The van der Waals surface area contributed by atoms with Crippen LogP contribution < -0.4 is 9.64 Å². The first-order chi connectivity index (χ1) is 12.8. The fourth-order valence-corrected chi connectivity index (χ4v) is 5.11. The van der Waals surface area contributed by atoms with Crippen molar-refractivity contribution >= 4 is 27.1 Å². The number of hydrogen-bond acceptors (Lipinski definition) is 6. The Morgan fingerprint density at radius 2 is 1.93 bits per heavy atom. The minimum absolute atomic E-state index is 0.0239. The molecule has 27 heavy (non-hydrogen) atoms. The summed E-state index contributed by atoms with van der Waals surface area (Å²) < 4.78 is 60.3. The maximum Gasteiger partial charge on any atom is 0.352 e. The van der Waals surface area contributed by atoms with E-state index < -0.39 is 25.9 Å². The number of anilines is 1. The molecule has 0 saturated carbocycles. The van der Waals surface area contributed by atoms with Crippen molar-refractivity contribution in [3.05, 3.63) is 41.7 Å². The van der Waals surface area contributed by atoms with Crippen LogP contribution in [0.5, 0.6) is 5.75 Å².